The third kappa shape index (κ3) is 6.71. The van der Waals surface area contributed by atoms with Crippen LogP contribution in [0, 0.1) is 0 Å². The van der Waals surface area contributed by atoms with Gasteiger partial charge in [0.1, 0.15) is 17.5 Å². The average Bonchev–Trinajstić information content (AvgIpc) is 2.80. The summed E-state index contributed by atoms with van der Waals surface area (Å²) in [5.41, 5.74) is 1.33. The summed E-state index contributed by atoms with van der Waals surface area (Å²) in [4.78, 5) is 13.0. The fraction of sp³-hybridized carbons (Fsp3) is 0.208. The van der Waals surface area contributed by atoms with Gasteiger partial charge >= 0.3 is 0 Å². The van der Waals surface area contributed by atoms with Crippen molar-refractivity contribution in [1.82, 2.24) is 4.72 Å². The van der Waals surface area contributed by atoms with Gasteiger partial charge in [-0.15, -0.1) is 0 Å². The first kappa shape index (κ1) is 24.6. The predicted octanol–water partition coefficient (Wildman–Crippen LogP) is 4.28. The third-order valence-electron chi connectivity index (χ3n) is 4.76. The monoisotopic (exact) mass is 488 g/mol. The van der Waals surface area contributed by atoms with Crippen LogP contribution in [0.1, 0.15) is 12.5 Å². The molecule has 0 unspecified atom stereocenters. The zero-order valence-corrected chi connectivity index (χ0v) is 19.8. The van der Waals surface area contributed by atoms with Crippen LogP contribution in [0.3, 0.4) is 0 Å². The van der Waals surface area contributed by atoms with E-state index in [-0.39, 0.29) is 16.3 Å². The average molecular weight is 489 g/mol. The molecule has 1 amide bonds. The molecule has 0 aliphatic rings. The lowest BCUT2D eigenvalue weighted by atomic mass is 10.1. The Morgan fingerprint density at radius 3 is 2.33 bits per heavy atom. The van der Waals surface area contributed by atoms with Gasteiger partial charge in [-0.2, -0.15) is 4.72 Å². The van der Waals surface area contributed by atoms with E-state index in [0.717, 1.165) is 5.56 Å². The molecule has 0 aliphatic carbocycles. The van der Waals surface area contributed by atoms with Crippen LogP contribution in [-0.2, 0) is 21.2 Å². The van der Waals surface area contributed by atoms with E-state index < -0.39 is 22.0 Å². The van der Waals surface area contributed by atoms with Crippen molar-refractivity contribution in [3.8, 4) is 11.5 Å². The second-order valence-corrected chi connectivity index (χ2v) is 9.23. The largest absolute Gasteiger partial charge is 0.495 e. The fourth-order valence-electron chi connectivity index (χ4n) is 3.14. The number of halogens is 1. The number of carbonyl (C=O) groups is 1. The van der Waals surface area contributed by atoms with Gasteiger partial charge in [-0.3, -0.25) is 4.79 Å². The zero-order chi connectivity index (χ0) is 23.8. The van der Waals surface area contributed by atoms with E-state index in [1.165, 1.54) is 25.3 Å². The quantitative estimate of drug-likeness (QED) is 0.444. The van der Waals surface area contributed by atoms with Crippen LogP contribution in [0.15, 0.2) is 77.7 Å². The maximum absolute atomic E-state index is 13.1. The Labute approximate surface area is 198 Å². The van der Waals surface area contributed by atoms with Crippen LogP contribution in [-0.4, -0.2) is 34.1 Å². The normalized spacial score (nSPS) is 12.1. The minimum atomic E-state index is -4.05. The summed E-state index contributed by atoms with van der Waals surface area (Å²) in [7, 11) is -2.61. The molecule has 2 N–H and O–H groups in total. The number of nitrogens with one attached hydrogen (secondary N) is 2. The van der Waals surface area contributed by atoms with E-state index in [4.69, 9.17) is 21.1 Å². The molecule has 0 bridgehead atoms. The molecule has 0 fully saturated rings. The fourth-order valence-corrected chi connectivity index (χ4v) is 4.68. The molecule has 33 heavy (non-hydrogen) atoms. The van der Waals surface area contributed by atoms with Crippen molar-refractivity contribution in [2.45, 2.75) is 24.3 Å². The summed E-state index contributed by atoms with van der Waals surface area (Å²) in [5.74, 6) is 0.532. The number of ether oxygens (including phenoxy) is 2. The summed E-state index contributed by atoms with van der Waals surface area (Å²) < 4.78 is 39.1. The highest BCUT2D eigenvalue weighted by Gasteiger charge is 2.27. The van der Waals surface area contributed by atoms with Crippen LogP contribution in [0.4, 0.5) is 5.69 Å². The van der Waals surface area contributed by atoms with Gasteiger partial charge in [0.2, 0.25) is 15.9 Å². The predicted molar refractivity (Wildman–Crippen MR) is 129 cm³/mol. The number of carbonyl (C=O) groups excluding carboxylic acids is 1. The maximum atomic E-state index is 13.1. The van der Waals surface area contributed by atoms with E-state index in [9.17, 15) is 13.2 Å². The van der Waals surface area contributed by atoms with Gasteiger partial charge < -0.3 is 14.8 Å². The molecular weight excluding hydrogens is 464 g/mol. The summed E-state index contributed by atoms with van der Waals surface area (Å²) in [6.07, 6.45) is 0.160. The van der Waals surface area contributed by atoms with Crippen LogP contribution >= 0.6 is 11.6 Å². The van der Waals surface area contributed by atoms with Crippen molar-refractivity contribution in [3.05, 3.63) is 83.4 Å². The molecule has 0 saturated carbocycles. The van der Waals surface area contributed by atoms with Crippen molar-refractivity contribution in [2.24, 2.45) is 0 Å². The molecule has 0 spiro atoms. The number of rotatable bonds is 10. The highest BCUT2D eigenvalue weighted by atomic mass is 35.5. The first-order valence-corrected chi connectivity index (χ1v) is 12.1. The van der Waals surface area contributed by atoms with Gasteiger partial charge in [-0.25, -0.2) is 8.42 Å². The molecule has 0 saturated heterocycles. The number of sulfonamides is 1. The Morgan fingerprint density at radius 2 is 1.73 bits per heavy atom. The molecule has 1 atom stereocenters. The number of methoxy groups -OCH3 is 1. The van der Waals surface area contributed by atoms with Crippen molar-refractivity contribution in [2.75, 3.05) is 19.0 Å². The second-order valence-electron chi connectivity index (χ2n) is 7.11. The number of anilines is 1. The molecule has 0 aromatic heterocycles. The van der Waals surface area contributed by atoms with Gasteiger partial charge in [0.05, 0.1) is 23.6 Å². The summed E-state index contributed by atoms with van der Waals surface area (Å²) >= 11 is 6.10. The number of benzene rings is 3. The Hall–Kier alpha value is -3.07. The van der Waals surface area contributed by atoms with Gasteiger partial charge in [0.25, 0.3) is 0 Å². The van der Waals surface area contributed by atoms with Crippen LogP contribution in [0.2, 0.25) is 5.02 Å². The number of hydrogen-bond acceptors (Lipinski definition) is 5. The highest BCUT2D eigenvalue weighted by Crippen LogP contribution is 2.27. The van der Waals surface area contributed by atoms with Gasteiger partial charge in [0.15, 0.2) is 0 Å². The van der Waals surface area contributed by atoms with E-state index in [1.807, 2.05) is 37.3 Å². The van der Waals surface area contributed by atoms with Crippen LogP contribution < -0.4 is 19.5 Å². The smallest absolute Gasteiger partial charge is 0.242 e. The lowest BCUT2D eigenvalue weighted by Crippen LogP contribution is -2.45. The number of hydrogen-bond donors (Lipinski definition) is 2. The Morgan fingerprint density at radius 1 is 1.03 bits per heavy atom. The number of amides is 1. The maximum Gasteiger partial charge on any atom is 0.242 e. The Balaban J connectivity index is 1.84. The second kappa shape index (κ2) is 11.2. The Kier molecular flexibility index (Phi) is 8.32. The van der Waals surface area contributed by atoms with E-state index in [1.54, 1.807) is 24.3 Å². The molecule has 3 aromatic rings. The summed E-state index contributed by atoms with van der Waals surface area (Å²) in [6.45, 7) is 2.41. The zero-order valence-electron chi connectivity index (χ0n) is 18.2. The topological polar surface area (TPSA) is 93.7 Å². The standard InChI is InChI=1S/C24H25ClN2O5S/c1-3-32-19-11-9-18(10-12-19)26-24(28)22(15-17-7-5-4-6-8-17)27-33(29,30)20-13-14-23(31-2)21(25)16-20/h4-14,16,22,27H,3,15H2,1-2H3,(H,26,28)/t22-/m0/s1. The van der Waals surface area contributed by atoms with Gasteiger partial charge in [-0.05, 0) is 61.4 Å². The lowest BCUT2D eigenvalue weighted by Gasteiger charge is -2.19. The molecule has 0 aliphatic heterocycles. The van der Waals surface area contributed by atoms with Crippen molar-refractivity contribution in [1.29, 1.82) is 0 Å². The third-order valence-corrected chi connectivity index (χ3v) is 6.53. The molecule has 0 radical (unpaired) electrons. The lowest BCUT2D eigenvalue weighted by molar-refractivity contribution is -0.117. The molecule has 3 aromatic carbocycles. The highest BCUT2D eigenvalue weighted by molar-refractivity contribution is 7.89. The SMILES string of the molecule is CCOc1ccc(NC(=O)[C@H](Cc2ccccc2)NS(=O)(=O)c2ccc(OC)c(Cl)c2)cc1. The molecule has 0 heterocycles. The first-order valence-electron chi connectivity index (χ1n) is 10.3. The Bertz CT molecular complexity index is 1190. The summed E-state index contributed by atoms with van der Waals surface area (Å²) in [6, 6.07) is 19.1. The van der Waals surface area contributed by atoms with Crippen LogP contribution in [0.25, 0.3) is 0 Å². The molecule has 9 heteroatoms. The van der Waals surface area contributed by atoms with E-state index in [0.29, 0.717) is 23.8 Å². The molecule has 7 nitrogen and oxygen atoms in total. The molecule has 3 rings (SSSR count). The molecular formula is C24H25ClN2O5S. The van der Waals surface area contributed by atoms with E-state index >= 15 is 0 Å². The summed E-state index contributed by atoms with van der Waals surface area (Å²) in [5, 5.41) is 2.92. The minimum absolute atomic E-state index is 0.0692. The van der Waals surface area contributed by atoms with Crippen LogP contribution in [0.5, 0.6) is 11.5 Å². The minimum Gasteiger partial charge on any atom is -0.495 e. The van der Waals surface area contributed by atoms with Crippen molar-refractivity contribution >= 4 is 33.2 Å². The van der Waals surface area contributed by atoms with Crippen molar-refractivity contribution in [3.63, 3.8) is 0 Å². The molecule has 174 valence electrons. The van der Waals surface area contributed by atoms with Gasteiger partial charge in [0, 0.05) is 5.69 Å². The van der Waals surface area contributed by atoms with E-state index in [2.05, 4.69) is 10.0 Å². The van der Waals surface area contributed by atoms with Gasteiger partial charge in [-0.1, -0.05) is 41.9 Å². The first-order chi connectivity index (χ1) is 15.8. The van der Waals surface area contributed by atoms with Crippen molar-refractivity contribution < 1.29 is 22.7 Å².